The molecule has 2 aromatic heterocycles. The van der Waals surface area contributed by atoms with E-state index in [0.29, 0.717) is 5.56 Å². The molecule has 6 rings (SSSR count). The van der Waals surface area contributed by atoms with Crippen LogP contribution < -0.4 is 5.56 Å². The van der Waals surface area contributed by atoms with E-state index in [4.69, 9.17) is 18.9 Å². The van der Waals surface area contributed by atoms with E-state index in [1.807, 2.05) is 0 Å². The molecule has 12 heteroatoms. The van der Waals surface area contributed by atoms with Gasteiger partial charge in [-0.2, -0.15) is 0 Å². The number of H-pyrrole nitrogens is 1. The van der Waals surface area contributed by atoms with E-state index < -0.39 is 48.0 Å². The van der Waals surface area contributed by atoms with Gasteiger partial charge in [0.25, 0.3) is 5.56 Å². The maximum absolute atomic E-state index is 13.3. The van der Waals surface area contributed by atoms with E-state index in [-0.39, 0.29) is 28.9 Å². The second-order valence-corrected chi connectivity index (χ2v) is 9.56. The first kappa shape index (κ1) is 27.5. The molecule has 0 aliphatic carbocycles. The Morgan fingerprint density at radius 1 is 0.744 bits per heavy atom. The molecule has 0 spiro atoms. The molecular formula is C31H24N4O8. The van der Waals surface area contributed by atoms with Crippen LogP contribution in [0.25, 0.3) is 11.2 Å². The van der Waals surface area contributed by atoms with Crippen LogP contribution in [-0.2, 0) is 18.9 Å². The highest BCUT2D eigenvalue weighted by Gasteiger charge is 2.51. The van der Waals surface area contributed by atoms with Crippen molar-refractivity contribution in [2.75, 3.05) is 6.61 Å². The Morgan fingerprint density at radius 3 is 1.86 bits per heavy atom. The van der Waals surface area contributed by atoms with Gasteiger partial charge < -0.3 is 23.9 Å². The standard InChI is InChI=1S/C31H24N4O8/c36-27-23-26(32-17-33-27)35(18-34-23)28-25(43-31(39)21-14-8-3-9-15-21)24(42-30(38)20-12-6-2-7-13-20)22(41-28)16-40-29(37)19-10-4-1-5-11-19/h1-15,17-18,22,24-25,28H,16H2,(H,32,33,36)/t22-,24+,25+,28+/m0/s1. The largest absolute Gasteiger partial charge is 0.459 e. The predicted molar refractivity (Wildman–Crippen MR) is 150 cm³/mol. The summed E-state index contributed by atoms with van der Waals surface area (Å²) < 4.78 is 25.1. The van der Waals surface area contributed by atoms with Crippen LogP contribution in [0.3, 0.4) is 0 Å². The van der Waals surface area contributed by atoms with Gasteiger partial charge in [-0.3, -0.25) is 9.36 Å². The first-order chi connectivity index (χ1) is 21.0. The third-order valence-corrected chi connectivity index (χ3v) is 6.82. The summed E-state index contributed by atoms with van der Waals surface area (Å²) in [6.07, 6.45) is -2.24. The predicted octanol–water partition coefficient (Wildman–Crippen LogP) is 3.33. The Balaban J connectivity index is 1.37. The van der Waals surface area contributed by atoms with Crippen LogP contribution in [-0.4, -0.2) is 62.3 Å². The minimum absolute atomic E-state index is 0.0241. The normalized spacial score (nSPS) is 19.5. The second kappa shape index (κ2) is 12.1. The van der Waals surface area contributed by atoms with Crippen molar-refractivity contribution in [2.45, 2.75) is 24.5 Å². The van der Waals surface area contributed by atoms with E-state index in [1.165, 1.54) is 17.2 Å². The van der Waals surface area contributed by atoms with Crippen LogP contribution in [0.2, 0.25) is 0 Å². The Labute approximate surface area is 243 Å². The second-order valence-electron chi connectivity index (χ2n) is 9.56. The van der Waals surface area contributed by atoms with Gasteiger partial charge in [-0.05, 0) is 36.4 Å². The molecule has 0 radical (unpaired) electrons. The van der Waals surface area contributed by atoms with Gasteiger partial charge in [0.05, 0.1) is 29.3 Å². The van der Waals surface area contributed by atoms with Crippen LogP contribution >= 0.6 is 0 Å². The Morgan fingerprint density at radius 2 is 1.28 bits per heavy atom. The van der Waals surface area contributed by atoms with Crippen molar-refractivity contribution in [3.8, 4) is 0 Å². The molecule has 1 saturated heterocycles. The van der Waals surface area contributed by atoms with Gasteiger partial charge in [-0.15, -0.1) is 0 Å². The van der Waals surface area contributed by atoms with Gasteiger partial charge in [-0.1, -0.05) is 54.6 Å². The van der Waals surface area contributed by atoms with Crippen molar-refractivity contribution in [3.05, 3.63) is 131 Å². The number of aromatic amines is 1. The Kier molecular flexibility index (Phi) is 7.74. The number of benzene rings is 3. The molecule has 1 fully saturated rings. The number of aromatic nitrogens is 4. The SMILES string of the molecule is O=C(OC[C@@H]1O[C@@H](n2cnc3c(=O)[nH]cnc32)[C@H](OC(=O)c2ccccc2)[C@@H]1OC(=O)c1ccccc1)c1ccccc1. The average Bonchev–Trinajstić information content (AvgIpc) is 3.63. The molecule has 0 bridgehead atoms. The highest BCUT2D eigenvalue weighted by atomic mass is 16.7. The maximum atomic E-state index is 13.3. The molecule has 216 valence electrons. The highest BCUT2D eigenvalue weighted by Crippen LogP contribution is 2.36. The number of rotatable bonds is 8. The third-order valence-electron chi connectivity index (χ3n) is 6.82. The molecule has 3 heterocycles. The smallest absolute Gasteiger partial charge is 0.338 e. The van der Waals surface area contributed by atoms with Crippen LogP contribution in [0.1, 0.15) is 37.3 Å². The summed E-state index contributed by atoms with van der Waals surface area (Å²) in [5, 5.41) is 0. The van der Waals surface area contributed by atoms with Gasteiger partial charge >= 0.3 is 17.9 Å². The highest BCUT2D eigenvalue weighted by molar-refractivity contribution is 5.91. The maximum Gasteiger partial charge on any atom is 0.338 e. The van der Waals surface area contributed by atoms with Crippen molar-refractivity contribution < 1.29 is 33.3 Å². The van der Waals surface area contributed by atoms with Gasteiger partial charge in [0, 0.05) is 0 Å². The number of hydrogen-bond acceptors (Lipinski definition) is 10. The fourth-order valence-electron chi connectivity index (χ4n) is 4.73. The van der Waals surface area contributed by atoms with Crippen LogP contribution in [0, 0.1) is 0 Å². The van der Waals surface area contributed by atoms with Gasteiger partial charge in [0.2, 0.25) is 0 Å². The van der Waals surface area contributed by atoms with E-state index in [0.717, 1.165) is 0 Å². The molecule has 0 amide bonds. The first-order valence-electron chi connectivity index (χ1n) is 13.3. The summed E-state index contributed by atoms with van der Waals surface area (Å²) in [5.41, 5.74) is 0.491. The summed E-state index contributed by atoms with van der Waals surface area (Å²) in [7, 11) is 0. The van der Waals surface area contributed by atoms with Crippen LogP contribution in [0.4, 0.5) is 0 Å². The molecule has 0 saturated carbocycles. The van der Waals surface area contributed by atoms with Crippen molar-refractivity contribution in [1.82, 2.24) is 19.5 Å². The summed E-state index contributed by atoms with van der Waals surface area (Å²) >= 11 is 0. The quantitative estimate of drug-likeness (QED) is 0.214. The van der Waals surface area contributed by atoms with Crippen LogP contribution in [0.5, 0.6) is 0 Å². The molecule has 1 aliphatic rings. The lowest BCUT2D eigenvalue weighted by Gasteiger charge is -2.25. The zero-order valence-corrected chi connectivity index (χ0v) is 22.4. The Hall–Kier alpha value is -5.62. The number of imidazole rings is 1. The fourth-order valence-corrected chi connectivity index (χ4v) is 4.73. The Bertz CT molecular complexity index is 1810. The lowest BCUT2D eigenvalue weighted by Crippen LogP contribution is -2.41. The zero-order valence-electron chi connectivity index (χ0n) is 22.4. The molecule has 0 unspecified atom stereocenters. The van der Waals surface area contributed by atoms with Gasteiger partial charge in [0.15, 0.2) is 29.6 Å². The van der Waals surface area contributed by atoms with Crippen molar-refractivity contribution in [1.29, 1.82) is 0 Å². The zero-order chi connectivity index (χ0) is 29.8. The number of nitrogens with one attached hydrogen (secondary N) is 1. The molecule has 43 heavy (non-hydrogen) atoms. The number of fused-ring (bicyclic) bond motifs is 1. The minimum atomic E-state index is -1.26. The first-order valence-corrected chi connectivity index (χ1v) is 13.3. The number of carbonyl (C=O) groups excluding carboxylic acids is 3. The van der Waals surface area contributed by atoms with Crippen molar-refractivity contribution in [3.63, 3.8) is 0 Å². The number of carbonyl (C=O) groups is 3. The summed E-state index contributed by atoms with van der Waals surface area (Å²) in [4.78, 5) is 62.5. The monoisotopic (exact) mass is 580 g/mol. The molecule has 5 aromatic rings. The molecule has 4 atom stereocenters. The van der Waals surface area contributed by atoms with Crippen molar-refractivity contribution in [2.24, 2.45) is 0 Å². The minimum Gasteiger partial charge on any atom is -0.459 e. The molecule has 12 nitrogen and oxygen atoms in total. The van der Waals surface area contributed by atoms with Crippen molar-refractivity contribution >= 4 is 29.1 Å². The molecular weight excluding hydrogens is 556 g/mol. The van der Waals surface area contributed by atoms with E-state index in [1.54, 1.807) is 91.0 Å². The van der Waals surface area contributed by atoms with E-state index in [9.17, 15) is 19.2 Å². The summed E-state index contributed by atoms with van der Waals surface area (Å²) in [6, 6.07) is 24.9. The van der Waals surface area contributed by atoms with Crippen LogP contribution in [0.15, 0.2) is 108 Å². The molecule has 1 aliphatic heterocycles. The third kappa shape index (κ3) is 5.76. The lowest BCUT2D eigenvalue weighted by molar-refractivity contribution is -0.0606. The number of esters is 3. The van der Waals surface area contributed by atoms with Gasteiger partial charge in [0.1, 0.15) is 12.7 Å². The molecule has 3 aromatic carbocycles. The summed E-state index contributed by atoms with van der Waals surface area (Å²) in [6.45, 7) is -0.350. The number of ether oxygens (including phenoxy) is 4. The fraction of sp³-hybridized carbons (Fsp3) is 0.161. The summed E-state index contributed by atoms with van der Waals surface area (Å²) in [5.74, 6) is -2.04. The van der Waals surface area contributed by atoms with Gasteiger partial charge in [-0.25, -0.2) is 24.4 Å². The number of hydrogen-bond donors (Lipinski definition) is 1. The molecule has 1 N–H and O–H groups in total. The van der Waals surface area contributed by atoms with E-state index >= 15 is 0 Å². The average molecular weight is 581 g/mol. The number of nitrogens with zero attached hydrogens (tertiary/aromatic N) is 3. The topological polar surface area (TPSA) is 152 Å². The van der Waals surface area contributed by atoms with E-state index in [2.05, 4.69) is 15.0 Å². The lowest BCUT2D eigenvalue weighted by atomic mass is 10.1.